The molecule has 0 aromatic carbocycles. The Labute approximate surface area is 122 Å². The molecule has 1 N–H and O–H groups in total. The predicted octanol–water partition coefficient (Wildman–Crippen LogP) is 4.32. The van der Waals surface area contributed by atoms with Gasteiger partial charge in [0.25, 0.3) is 0 Å². The zero-order chi connectivity index (χ0) is 15.1. The molecule has 0 aromatic heterocycles. The number of aliphatic carboxylic acids is 1. The molecule has 0 heterocycles. The van der Waals surface area contributed by atoms with Crippen LogP contribution in [-0.2, 0) is 14.3 Å². The molecular weight excluding hydrogens is 256 g/mol. The van der Waals surface area contributed by atoms with E-state index in [1.165, 1.54) is 19.3 Å². The molecule has 118 valence electrons. The highest BCUT2D eigenvalue weighted by Crippen LogP contribution is 2.08. The van der Waals surface area contributed by atoms with Gasteiger partial charge in [-0.25, -0.2) is 0 Å². The van der Waals surface area contributed by atoms with Crippen molar-refractivity contribution in [2.75, 3.05) is 6.61 Å². The van der Waals surface area contributed by atoms with Crippen LogP contribution in [0, 0.1) is 0 Å². The molecule has 20 heavy (non-hydrogen) atoms. The Morgan fingerprint density at radius 1 is 0.800 bits per heavy atom. The van der Waals surface area contributed by atoms with E-state index in [2.05, 4.69) is 6.92 Å². The lowest BCUT2D eigenvalue weighted by Crippen LogP contribution is -2.05. The van der Waals surface area contributed by atoms with E-state index in [4.69, 9.17) is 9.84 Å². The Hall–Kier alpha value is -1.06. The number of carboxylic acids is 1. The normalized spacial score (nSPS) is 10.4. The zero-order valence-electron chi connectivity index (χ0n) is 12.9. The Kier molecular flexibility index (Phi) is 13.6. The van der Waals surface area contributed by atoms with Crippen molar-refractivity contribution >= 4 is 11.9 Å². The van der Waals surface area contributed by atoms with Crippen LogP contribution >= 0.6 is 0 Å². The second-order valence-electron chi connectivity index (χ2n) is 5.30. The first-order valence-electron chi connectivity index (χ1n) is 8.04. The summed E-state index contributed by atoms with van der Waals surface area (Å²) in [5, 5.41) is 8.48. The SMILES string of the molecule is CCCCCCCOC(=O)CCCCCCCC(=O)O. The van der Waals surface area contributed by atoms with Crippen LogP contribution in [0.15, 0.2) is 0 Å². The van der Waals surface area contributed by atoms with E-state index in [1.807, 2.05) is 0 Å². The molecule has 0 radical (unpaired) electrons. The van der Waals surface area contributed by atoms with Gasteiger partial charge in [0.05, 0.1) is 6.61 Å². The third kappa shape index (κ3) is 15.0. The van der Waals surface area contributed by atoms with E-state index in [1.54, 1.807) is 0 Å². The molecule has 0 aliphatic rings. The maximum Gasteiger partial charge on any atom is 0.305 e. The van der Waals surface area contributed by atoms with Crippen molar-refractivity contribution in [2.24, 2.45) is 0 Å². The summed E-state index contributed by atoms with van der Waals surface area (Å²) >= 11 is 0. The number of hydrogen-bond acceptors (Lipinski definition) is 3. The summed E-state index contributed by atoms with van der Waals surface area (Å²) in [6, 6.07) is 0. The van der Waals surface area contributed by atoms with E-state index < -0.39 is 5.97 Å². The summed E-state index contributed by atoms with van der Waals surface area (Å²) in [7, 11) is 0. The third-order valence-corrected chi connectivity index (χ3v) is 3.28. The lowest BCUT2D eigenvalue weighted by atomic mass is 10.1. The fourth-order valence-corrected chi connectivity index (χ4v) is 2.04. The van der Waals surface area contributed by atoms with E-state index in [0.717, 1.165) is 44.9 Å². The van der Waals surface area contributed by atoms with E-state index in [0.29, 0.717) is 13.0 Å². The number of esters is 1. The van der Waals surface area contributed by atoms with Crippen LogP contribution in [0.25, 0.3) is 0 Å². The Balaban J connectivity index is 3.18. The smallest absolute Gasteiger partial charge is 0.305 e. The van der Waals surface area contributed by atoms with Crippen molar-refractivity contribution in [2.45, 2.75) is 84.0 Å². The van der Waals surface area contributed by atoms with Crippen molar-refractivity contribution in [1.82, 2.24) is 0 Å². The fourth-order valence-electron chi connectivity index (χ4n) is 2.04. The number of rotatable bonds is 14. The molecular formula is C16H30O4. The fraction of sp³-hybridized carbons (Fsp3) is 0.875. The number of carboxylic acid groups (broad SMARTS) is 1. The summed E-state index contributed by atoms with van der Waals surface area (Å²) in [5.74, 6) is -0.821. The highest BCUT2D eigenvalue weighted by molar-refractivity contribution is 5.69. The monoisotopic (exact) mass is 286 g/mol. The number of ether oxygens (including phenoxy) is 1. The first-order valence-corrected chi connectivity index (χ1v) is 8.04. The van der Waals surface area contributed by atoms with Crippen LogP contribution in [0.2, 0.25) is 0 Å². The minimum Gasteiger partial charge on any atom is -0.481 e. The molecule has 4 nitrogen and oxygen atoms in total. The van der Waals surface area contributed by atoms with Crippen molar-refractivity contribution in [3.05, 3.63) is 0 Å². The Morgan fingerprint density at radius 3 is 2.00 bits per heavy atom. The topological polar surface area (TPSA) is 63.6 Å². The van der Waals surface area contributed by atoms with Gasteiger partial charge in [-0.15, -0.1) is 0 Å². The van der Waals surface area contributed by atoms with Crippen LogP contribution in [0.1, 0.15) is 84.0 Å². The van der Waals surface area contributed by atoms with Crippen molar-refractivity contribution in [3.8, 4) is 0 Å². The average molecular weight is 286 g/mol. The van der Waals surface area contributed by atoms with Gasteiger partial charge in [-0.2, -0.15) is 0 Å². The van der Waals surface area contributed by atoms with Crippen LogP contribution in [0.5, 0.6) is 0 Å². The largest absolute Gasteiger partial charge is 0.481 e. The van der Waals surface area contributed by atoms with Crippen molar-refractivity contribution in [3.63, 3.8) is 0 Å². The Morgan fingerprint density at radius 2 is 1.35 bits per heavy atom. The van der Waals surface area contributed by atoms with Gasteiger partial charge < -0.3 is 9.84 Å². The quantitative estimate of drug-likeness (QED) is 0.381. The van der Waals surface area contributed by atoms with Crippen molar-refractivity contribution < 1.29 is 19.4 Å². The summed E-state index contributed by atoms with van der Waals surface area (Å²) in [5.41, 5.74) is 0. The predicted molar refractivity (Wildman–Crippen MR) is 79.7 cm³/mol. The molecule has 0 saturated heterocycles. The molecule has 0 saturated carbocycles. The molecule has 0 rings (SSSR count). The Bertz CT molecular complexity index is 251. The molecule has 0 atom stereocenters. The minimum atomic E-state index is -0.729. The maximum absolute atomic E-state index is 11.4. The summed E-state index contributed by atoms with van der Waals surface area (Å²) in [6.45, 7) is 2.74. The van der Waals surface area contributed by atoms with Crippen LogP contribution < -0.4 is 0 Å². The molecule has 0 unspecified atom stereocenters. The summed E-state index contributed by atoms with van der Waals surface area (Å²) < 4.78 is 5.16. The molecule has 4 heteroatoms. The van der Waals surface area contributed by atoms with Crippen LogP contribution in [0.3, 0.4) is 0 Å². The summed E-state index contributed by atoms with van der Waals surface area (Å²) in [4.78, 5) is 21.7. The van der Waals surface area contributed by atoms with Gasteiger partial charge >= 0.3 is 11.9 Å². The number of hydrogen-bond donors (Lipinski definition) is 1. The summed E-state index contributed by atoms with van der Waals surface area (Å²) in [6.07, 6.45) is 11.1. The zero-order valence-corrected chi connectivity index (χ0v) is 12.9. The van der Waals surface area contributed by atoms with Gasteiger partial charge in [-0.1, -0.05) is 51.9 Å². The first kappa shape index (κ1) is 18.9. The van der Waals surface area contributed by atoms with E-state index >= 15 is 0 Å². The number of carbonyl (C=O) groups is 2. The van der Waals surface area contributed by atoms with Gasteiger partial charge in [-0.05, 0) is 19.3 Å². The van der Waals surface area contributed by atoms with Gasteiger partial charge in [-0.3, -0.25) is 9.59 Å². The number of carbonyl (C=O) groups excluding carboxylic acids is 1. The highest BCUT2D eigenvalue weighted by atomic mass is 16.5. The molecule has 0 aliphatic heterocycles. The average Bonchev–Trinajstić information content (AvgIpc) is 2.41. The molecule has 0 bridgehead atoms. The minimum absolute atomic E-state index is 0.0916. The highest BCUT2D eigenvalue weighted by Gasteiger charge is 2.02. The molecule has 0 spiro atoms. The van der Waals surface area contributed by atoms with Gasteiger partial charge in [0.2, 0.25) is 0 Å². The van der Waals surface area contributed by atoms with E-state index in [-0.39, 0.29) is 12.4 Å². The van der Waals surface area contributed by atoms with Gasteiger partial charge in [0.1, 0.15) is 0 Å². The second kappa shape index (κ2) is 14.4. The van der Waals surface area contributed by atoms with Gasteiger partial charge in [0.15, 0.2) is 0 Å². The molecule has 0 fully saturated rings. The lowest BCUT2D eigenvalue weighted by Gasteiger charge is -2.04. The maximum atomic E-state index is 11.4. The van der Waals surface area contributed by atoms with Crippen LogP contribution in [0.4, 0.5) is 0 Å². The first-order chi connectivity index (χ1) is 9.66. The molecule has 0 aliphatic carbocycles. The molecule has 0 amide bonds. The second-order valence-corrected chi connectivity index (χ2v) is 5.30. The lowest BCUT2D eigenvalue weighted by molar-refractivity contribution is -0.144. The van der Waals surface area contributed by atoms with Gasteiger partial charge in [0, 0.05) is 12.8 Å². The number of unbranched alkanes of at least 4 members (excludes halogenated alkanes) is 8. The van der Waals surface area contributed by atoms with Crippen molar-refractivity contribution in [1.29, 1.82) is 0 Å². The molecule has 0 aromatic rings. The standard InChI is InChI=1S/C16H30O4/c1-2-3-4-8-11-14-20-16(19)13-10-7-5-6-9-12-15(17)18/h2-14H2,1H3,(H,17,18). The third-order valence-electron chi connectivity index (χ3n) is 3.28. The van der Waals surface area contributed by atoms with E-state index in [9.17, 15) is 9.59 Å². The van der Waals surface area contributed by atoms with Crippen LogP contribution in [-0.4, -0.2) is 23.7 Å².